The van der Waals surface area contributed by atoms with Crippen LogP contribution in [0.4, 0.5) is 0 Å². The fourth-order valence-electron chi connectivity index (χ4n) is 0.597. The van der Waals surface area contributed by atoms with Gasteiger partial charge in [-0.3, -0.25) is 0 Å². The number of rotatable bonds is 5. The standard InChI is InChI=1S/C6H13NO2/c7-5-3-1-2-4-6-9-8/h6H,1-5,7H2. The molecule has 0 aromatic heterocycles. The highest BCUT2D eigenvalue weighted by Gasteiger charge is 1.87. The van der Waals surface area contributed by atoms with Crippen molar-refractivity contribution >= 4 is 6.29 Å². The number of hydrogen-bond donors (Lipinski definition) is 1. The Labute approximate surface area is 55.1 Å². The topological polar surface area (TPSA) is 60.4 Å². The van der Waals surface area contributed by atoms with E-state index < -0.39 is 0 Å². The van der Waals surface area contributed by atoms with Crippen LogP contribution in [0.25, 0.3) is 0 Å². The van der Waals surface area contributed by atoms with Crippen LogP contribution in [0.15, 0.2) is 0 Å². The summed E-state index contributed by atoms with van der Waals surface area (Å²) in [5, 5.41) is 9.38. The zero-order valence-corrected chi connectivity index (χ0v) is 5.51. The summed E-state index contributed by atoms with van der Waals surface area (Å²) in [5.41, 5.74) is 5.24. The first-order valence-electron chi connectivity index (χ1n) is 3.22. The van der Waals surface area contributed by atoms with Crippen molar-refractivity contribution in [1.82, 2.24) is 0 Å². The van der Waals surface area contributed by atoms with E-state index in [0.717, 1.165) is 32.2 Å². The predicted molar refractivity (Wildman–Crippen MR) is 33.6 cm³/mol. The SMILES string of the molecule is NCCCCCC=[O+][O-]. The smallest absolute Gasteiger partial charge is 0.318 e. The molecule has 0 heterocycles. The van der Waals surface area contributed by atoms with Gasteiger partial charge in [-0.1, -0.05) is 6.42 Å². The minimum absolute atomic E-state index is 0.734. The van der Waals surface area contributed by atoms with E-state index in [-0.39, 0.29) is 0 Å². The van der Waals surface area contributed by atoms with Crippen molar-refractivity contribution in [3.63, 3.8) is 0 Å². The maximum Gasteiger partial charge on any atom is 0.318 e. The van der Waals surface area contributed by atoms with E-state index in [1.165, 1.54) is 6.29 Å². The van der Waals surface area contributed by atoms with E-state index in [0.29, 0.717) is 0 Å². The molecular formula is C6H13NO2. The van der Waals surface area contributed by atoms with Gasteiger partial charge in [0.15, 0.2) is 0 Å². The van der Waals surface area contributed by atoms with E-state index in [2.05, 4.69) is 4.58 Å². The van der Waals surface area contributed by atoms with Crippen molar-refractivity contribution in [2.45, 2.75) is 25.7 Å². The van der Waals surface area contributed by atoms with E-state index in [1.807, 2.05) is 0 Å². The summed E-state index contributed by atoms with van der Waals surface area (Å²) in [6.45, 7) is 0.734. The minimum Gasteiger partial charge on any atom is -0.463 e. The lowest BCUT2D eigenvalue weighted by atomic mass is 10.2. The number of unbranched alkanes of at least 4 members (excludes halogenated alkanes) is 3. The van der Waals surface area contributed by atoms with Gasteiger partial charge in [0.2, 0.25) is 0 Å². The molecule has 0 saturated heterocycles. The molecule has 54 valence electrons. The van der Waals surface area contributed by atoms with Gasteiger partial charge in [0.25, 0.3) is 0 Å². The van der Waals surface area contributed by atoms with Gasteiger partial charge in [-0.15, -0.1) is 0 Å². The third-order valence-electron chi connectivity index (χ3n) is 1.09. The Bertz CT molecular complexity index is 73.5. The fraction of sp³-hybridized carbons (Fsp3) is 0.833. The third kappa shape index (κ3) is 7.43. The summed E-state index contributed by atoms with van der Waals surface area (Å²) in [6, 6.07) is 0. The lowest BCUT2D eigenvalue weighted by Crippen LogP contribution is -1.99. The van der Waals surface area contributed by atoms with Crippen molar-refractivity contribution in [3.8, 4) is 0 Å². The van der Waals surface area contributed by atoms with Crippen LogP contribution in [0.5, 0.6) is 0 Å². The summed E-state index contributed by atoms with van der Waals surface area (Å²) in [6.07, 6.45) is 5.13. The highest BCUT2D eigenvalue weighted by atomic mass is 17.1. The maximum atomic E-state index is 9.38. The Balaban J connectivity index is 2.75. The maximum absolute atomic E-state index is 9.38. The van der Waals surface area contributed by atoms with Gasteiger partial charge >= 0.3 is 6.29 Å². The molecule has 0 aliphatic rings. The monoisotopic (exact) mass is 131 g/mol. The van der Waals surface area contributed by atoms with Gasteiger partial charge < -0.3 is 11.0 Å². The van der Waals surface area contributed by atoms with Crippen molar-refractivity contribution in [2.75, 3.05) is 6.54 Å². The van der Waals surface area contributed by atoms with Gasteiger partial charge in [-0.25, -0.2) is 0 Å². The Morgan fingerprint density at radius 3 is 2.67 bits per heavy atom. The van der Waals surface area contributed by atoms with Crippen LogP contribution < -0.4 is 11.0 Å². The van der Waals surface area contributed by atoms with Crippen LogP contribution in [-0.2, 0) is 4.58 Å². The number of hydrogen-bond acceptors (Lipinski definition) is 2. The average Bonchev–Trinajstić information content (AvgIpc) is 1.89. The normalized spacial score (nSPS) is 10.8. The van der Waals surface area contributed by atoms with Gasteiger partial charge in [-0.05, 0) is 19.4 Å². The van der Waals surface area contributed by atoms with Crippen LogP contribution in [0.2, 0.25) is 0 Å². The molecule has 0 unspecified atom stereocenters. The van der Waals surface area contributed by atoms with Crippen molar-refractivity contribution in [1.29, 1.82) is 0 Å². The zero-order valence-electron chi connectivity index (χ0n) is 5.51. The summed E-state index contributed by atoms with van der Waals surface area (Å²) in [5.74, 6) is 0. The third-order valence-corrected chi connectivity index (χ3v) is 1.09. The first-order valence-corrected chi connectivity index (χ1v) is 3.22. The molecule has 0 radical (unpaired) electrons. The summed E-state index contributed by atoms with van der Waals surface area (Å²) >= 11 is 0. The molecule has 0 aliphatic carbocycles. The molecule has 0 rings (SSSR count). The molecule has 3 heteroatoms. The largest absolute Gasteiger partial charge is 0.463 e. The molecule has 0 aromatic carbocycles. The second kappa shape index (κ2) is 7.43. The molecule has 0 fully saturated rings. The van der Waals surface area contributed by atoms with Crippen LogP contribution in [0.1, 0.15) is 25.7 Å². The van der Waals surface area contributed by atoms with E-state index in [4.69, 9.17) is 5.73 Å². The average molecular weight is 131 g/mol. The lowest BCUT2D eigenvalue weighted by Gasteiger charge is -1.89. The van der Waals surface area contributed by atoms with Crippen LogP contribution in [0, 0.1) is 0 Å². The molecule has 0 spiro atoms. The lowest BCUT2D eigenvalue weighted by molar-refractivity contribution is -1.04. The first-order chi connectivity index (χ1) is 4.41. The number of aldehydes is 1. The highest BCUT2D eigenvalue weighted by Crippen LogP contribution is 1.94. The van der Waals surface area contributed by atoms with Gasteiger partial charge in [-0.2, -0.15) is 4.58 Å². The summed E-state index contributed by atoms with van der Waals surface area (Å²) in [4.78, 5) is 0. The Hall–Kier alpha value is -0.570. The van der Waals surface area contributed by atoms with E-state index in [9.17, 15) is 5.26 Å². The molecule has 0 bridgehead atoms. The van der Waals surface area contributed by atoms with Crippen LogP contribution in [-0.4, -0.2) is 12.8 Å². The van der Waals surface area contributed by atoms with Gasteiger partial charge in [0.1, 0.15) is 0 Å². The molecule has 0 aliphatic heterocycles. The second-order valence-corrected chi connectivity index (χ2v) is 1.90. The molecule has 0 atom stereocenters. The summed E-state index contributed by atoms with van der Waals surface area (Å²) in [7, 11) is 0. The molecule has 3 nitrogen and oxygen atoms in total. The Morgan fingerprint density at radius 1 is 1.33 bits per heavy atom. The van der Waals surface area contributed by atoms with Gasteiger partial charge in [0, 0.05) is 0 Å². The first kappa shape index (κ1) is 8.43. The predicted octanol–water partition coefficient (Wildman–Crippen LogP) is -0.485. The second-order valence-electron chi connectivity index (χ2n) is 1.90. The Morgan fingerprint density at radius 2 is 2.11 bits per heavy atom. The molecule has 0 amide bonds. The molecule has 0 aromatic rings. The van der Waals surface area contributed by atoms with Gasteiger partial charge in [0.05, 0.1) is 6.42 Å². The summed E-state index contributed by atoms with van der Waals surface area (Å²) < 4.78 is 3.52. The van der Waals surface area contributed by atoms with Crippen molar-refractivity contribution in [2.24, 2.45) is 5.73 Å². The minimum atomic E-state index is 0.734. The number of carbonyl (C=O) groups excluding carboxylic acids is 1. The molecular weight excluding hydrogens is 118 g/mol. The quantitative estimate of drug-likeness (QED) is 0.180. The molecule has 0 saturated carbocycles. The zero-order chi connectivity index (χ0) is 6.95. The van der Waals surface area contributed by atoms with Crippen molar-refractivity contribution < 1.29 is 9.83 Å². The van der Waals surface area contributed by atoms with Crippen LogP contribution >= 0.6 is 0 Å². The Kier molecular flexibility index (Phi) is 6.96. The molecule has 2 N–H and O–H groups in total. The van der Waals surface area contributed by atoms with E-state index >= 15 is 0 Å². The fourth-order valence-corrected chi connectivity index (χ4v) is 0.597. The van der Waals surface area contributed by atoms with Crippen molar-refractivity contribution in [3.05, 3.63) is 0 Å². The number of nitrogens with two attached hydrogens (primary N) is 1. The van der Waals surface area contributed by atoms with Crippen LogP contribution in [0.3, 0.4) is 0 Å². The highest BCUT2D eigenvalue weighted by molar-refractivity contribution is 5.49. The van der Waals surface area contributed by atoms with E-state index in [1.54, 1.807) is 0 Å². The molecule has 9 heavy (non-hydrogen) atoms.